The fourth-order valence-corrected chi connectivity index (χ4v) is 3.52. The number of benzene rings is 1. The third kappa shape index (κ3) is 1.56. The van der Waals surface area contributed by atoms with E-state index in [2.05, 4.69) is 51.9 Å². The number of hydrogen-bond acceptors (Lipinski definition) is 1. The molecule has 0 saturated heterocycles. The van der Waals surface area contributed by atoms with Crippen molar-refractivity contribution in [2.75, 3.05) is 6.54 Å². The average Bonchev–Trinajstić information content (AvgIpc) is 2.54. The summed E-state index contributed by atoms with van der Waals surface area (Å²) in [5.41, 5.74) is 8.92. The molecule has 1 saturated carbocycles. The maximum absolute atomic E-state index is 5.97. The Hall–Kier alpha value is -0.800. The number of nitrogens with zero attached hydrogens (tertiary/aromatic N) is 1. The zero-order valence-corrected chi connectivity index (χ0v) is 11.6. The van der Waals surface area contributed by atoms with E-state index in [0.29, 0.717) is 0 Å². The summed E-state index contributed by atoms with van der Waals surface area (Å²) in [7, 11) is 2.09. The monoisotopic (exact) mass is 292 g/mol. The standard InChI is InChI=1S/C14H17BrN2/c1-17-8-12(15)11-4-3-10(7-13(11)17)14(9-16)5-2-6-14/h3-4,7-8H,2,5-6,9,16H2,1H3. The van der Waals surface area contributed by atoms with Crippen LogP contribution in [-0.2, 0) is 12.5 Å². The van der Waals surface area contributed by atoms with Crippen LogP contribution in [0.3, 0.4) is 0 Å². The highest BCUT2D eigenvalue weighted by Crippen LogP contribution is 2.43. The Morgan fingerprint density at radius 3 is 2.76 bits per heavy atom. The Kier molecular flexibility index (Phi) is 2.56. The SMILES string of the molecule is Cn1cc(Br)c2ccc(C3(CN)CCC3)cc21. The molecule has 2 aromatic rings. The van der Waals surface area contributed by atoms with Crippen LogP contribution in [0.2, 0.25) is 0 Å². The summed E-state index contributed by atoms with van der Waals surface area (Å²) in [5.74, 6) is 0. The number of aromatic nitrogens is 1. The minimum absolute atomic E-state index is 0.255. The predicted octanol–water partition coefficient (Wildman–Crippen LogP) is 3.32. The van der Waals surface area contributed by atoms with Crippen molar-refractivity contribution >= 4 is 26.8 Å². The molecule has 0 amide bonds. The molecular weight excluding hydrogens is 276 g/mol. The lowest BCUT2D eigenvalue weighted by molar-refractivity contribution is 0.253. The first-order valence-electron chi connectivity index (χ1n) is 6.11. The fourth-order valence-electron chi connectivity index (χ4n) is 2.88. The number of aryl methyl sites for hydroxylation is 1. The third-order valence-electron chi connectivity index (χ3n) is 4.26. The highest BCUT2D eigenvalue weighted by atomic mass is 79.9. The lowest BCUT2D eigenvalue weighted by Crippen LogP contribution is -2.41. The van der Waals surface area contributed by atoms with E-state index in [0.717, 1.165) is 11.0 Å². The summed E-state index contributed by atoms with van der Waals surface area (Å²) in [6.07, 6.45) is 5.90. The summed E-state index contributed by atoms with van der Waals surface area (Å²) in [4.78, 5) is 0. The van der Waals surface area contributed by atoms with Crippen LogP contribution in [0.25, 0.3) is 10.9 Å². The van der Waals surface area contributed by atoms with Gasteiger partial charge >= 0.3 is 0 Å². The van der Waals surface area contributed by atoms with Gasteiger partial charge in [0.15, 0.2) is 0 Å². The average molecular weight is 293 g/mol. The largest absolute Gasteiger partial charge is 0.349 e. The number of halogens is 1. The molecule has 0 radical (unpaired) electrons. The van der Waals surface area contributed by atoms with Crippen LogP contribution < -0.4 is 5.73 Å². The second-order valence-electron chi connectivity index (χ2n) is 5.16. The van der Waals surface area contributed by atoms with Crippen LogP contribution in [0.5, 0.6) is 0 Å². The lowest BCUT2D eigenvalue weighted by atomic mass is 9.64. The van der Waals surface area contributed by atoms with Gasteiger partial charge in [-0.25, -0.2) is 0 Å². The van der Waals surface area contributed by atoms with Crippen LogP contribution in [-0.4, -0.2) is 11.1 Å². The summed E-state index contributed by atoms with van der Waals surface area (Å²) in [6, 6.07) is 6.77. The Labute approximate surface area is 110 Å². The summed E-state index contributed by atoms with van der Waals surface area (Å²) >= 11 is 3.60. The number of hydrogen-bond donors (Lipinski definition) is 1. The molecular formula is C14H17BrN2. The Balaban J connectivity index is 2.16. The number of rotatable bonds is 2. The predicted molar refractivity (Wildman–Crippen MR) is 75.2 cm³/mol. The highest BCUT2D eigenvalue weighted by molar-refractivity contribution is 9.10. The molecule has 1 aromatic carbocycles. The summed E-state index contributed by atoms with van der Waals surface area (Å²) in [6.45, 7) is 0.768. The topological polar surface area (TPSA) is 30.9 Å². The zero-order valence-electron chi connectivity index (χ0n) is 10.0. The lowest BCUT2D eigenvalue weighted by Gasteiger charge is -2.41. The highest BCUT2D eigenvalue weighted by Gasteiger charge is 2.37. The normalized spacial score (nSPS) is 18.3. The van der Waals surface area contributed by atoms with Gasteiger partial charge in [-0.3, -0.25) is 0 Å². The van der Waals surface area contributed by atoms with Gasteiger partial charge in [0.2, 0.25) is 0 Å². The van der Waals surface area contributed by atoms with E-state index < -0.39 is 0 Å². The van der Waals surface area contributed by atoms with E-state index in [-0.39, 0.29) is 5.41 Å². The van der Waals surface area contributed by atoms with Gasteiger partial charge in [-0.2, -0.15) is 0 Å². The minimum atomic E-state index is 0.255. The molecule has 0 unspecified atom stereocenters. The number of nitrogens with two attached hydrogens (primary N) is 1. The minimum Gasteiger partial charge on any atom is -0.349 e. The second kappa shape index (κ2) is 3.85. The van der Waals surface area contributed by atoms with Gasteiger partial charge in [-0.15, -0.1) is 0 Å². The molecule has 3 heteroatoms. The molecule has 0 bridgehead atoms. The van der Waals surface area contributed by atoms with Gasteiger partial charge in [0.1, 0.15) is 0 Å². The van der Waals surface area contributed by atoms with Crippen LogP contribution in [0.1, 0.15) is 24.8 Å². The Bertz CT molecular complexity index is 561. The first-order valence-corrected chi connectivity index (χ1v) is 6.91. The van der Waals surface area contributed by atoms with E-state index in [1.54, 1.807) is 0 Å². The van der Waals surface area contributed by atoms with Crippen molar-refractivity contribution in [1.29, 1.82) is 0 Å². The van der Waals surface area contributed by atoms with Crippen molar-refractivity contribution in [3.8, 4) is 0 Å². The van der Waals surface area contributed by atoms with Crippen LogP contribution in [0.15, 0.2) is 28.9 Å². The van der Waals surface area contributed by atoms with Gasteiger partial charge in [-0.1, -0.05) is 18.6 Å². The molecule has 1 aromatic heterocycles. The zero-order chi connectivity index (χ0) is 12.0. The molecule has 1 fully saturated rings. The molecule has 0 spiro atoms. The van der Waals surface area contributed by atoms with Crippen molar-refractivity contribution in [2.24, 2.45) is 12.8 Å². The maximum atomic E-state index is 5.97. The van der Waals surface area contributed by atoms with Gasteiger partial charge in [-0.05, 0) is 40.4 Å². The van der Waals surface area contributed by atoms with Gasteiger partial charge in [0, 0.05) is 40.6 Å². The van der Waals surface area contributed by atoms with E-state index in [1.165, 1.54) is 35.7 Å². The van der Waals surface area contributed by atoms with Gasteiger partial charge < -0.3 is 10.3 Å². The van der Waals surface area contributed by atoms with Crippen molar-refractivity contribution in [3.05, 3.63) is 34.4 Å². The molecule has 17 heavy (non-hydrogen) atoms. The molecule has 0 aliphatic heterocycles. The van der Waals surface area contributed by atoms with E-state index >= 15 is 0 Å². The van der Waals surface area contributed by atoms with Gasteiger partial charge in [0.25, 0.3) is 0 Å². The van der Waals surface area contributed by atoms with Gasteiger partial charge in [0.05, 0.1) is 0 Å². The molecule has 0 atom stereocenters. The van der Waals surface area contributed by atoms with E-state index in [4.69, 9.17) is 5.73 Å². The Morgan fingerprint density at radius 2 is 2.18 bits per heavy atom. The van der Waals surface area contributed by atoms with Crippen molar-refractivity contribution < 1.29 is 0 Å². The molecule has 2 N–H and O–H groups in total. The second-order valence-corrected chi connectivity index (χ2v) is 6.01. The van der Waals surface area contributed by atoms with Crippen LogP contribution in [0, 0.1) is 0 Å². The van der Waals surface area contributed by atoms with Crippen molar-refractivity contribution in [3.63, 3.8) is 0 Å². The van der Waals surface area contributed by atoms with E-state index in [9.17, 15) is 0 Å². The molecule has 90 valence electrons. The molecule has 1 aliphatic carbocycles. The number of fused-ring (bicyclic) bond motifs is 1. The summed E-state index contributed by atoms with van der Waals surface area (Å²) < 4.78 is 3.34. The van der Waals surface area contributed by atoms with Crippen LogP contribution >= 0.6 is 15.9 Å². The van der Waals surface area contributed by atoms with Crippen LogP contribution in [0.4, 0.5) is 0 Å². The first-order chi connectivity index (χ1) is 8.16. The van der Waals surface area contributed by atoms with E-state index in [1.807, 2.05) is 0 Å². The third-order valence-corrected chi connectivity index (χ3v) is 4.89. The molecule has 2 nitrogen and oxygen atoms in total. The van der Waals surface area contributed by atoms with Crippen molar-refractivity contribution in [2.45, 2.75) is 24.7 Å². The first kappa shape index (κ1) is 11.3. The molecule has 3 rings (SSSR count). The Morgan fingerprint density at radius 1 is 1.41 bits per heavy atom. The molecule has 1 aliphatic rings. The molecule has 1 heterocycles. The maximum Gasteiger partial charge on any atom is 0.0492 e. The van der Waals surface area contributed by atoms with Crippen molar-refractivity contribution in [1.82, 2.24) is 4.57 Å². The summed E-state index contributed by atoms with van der Waals surface area (Å²) in [5, 5.41) is 1.28. The smallest absolute Gasteiger partial charge is 0.0492 e. The fraction of sp³-hybridized carbons (Fsp3) is 0.429. The quantitative estimate of drug-likeness (QED) is 0.904.